The lowest BCUT2D eigenvalue weighted by molar-refractivity contribution is 1.06. The van der Waals surface area contributed by atoms with Gasteiger partial charge in [0.05, 0.1) is 23.1 Å². The Bertz CT molecular complexity index is 1370. The van der Waals surface area contributed by atoms with Gasteiger partial charge in [0, 0.05) is 5.56 Å². The molecule has 5 rings (SSSR count). The van der Waals surface area contributed by atoms with Gasteiger partial charge in [0.1, 0.15) is 10.3 Å². The topological polar surface area (TPSA) is 33.6 Å². The number of H-pyrrole nitrogens is 1. The van der Waals surface area contributed by atoms with Crippen molar-refractivity contribution in [2.75, 3.05) is 0 Å². The third kappa shape index (κ3) is 2.89. The molecule has 0 radical (unpaired) electrons. The molecule has 0 saturated heterocycles. The highest BCUT2D eigenvalue weighted by Gasteiger charge is 2.23. The van der Waals surface area contributed by atoms with E-state index in [9.17, 15) is 0 Å². The summed E-state index contributed by atoms with van der Waals surface area (Å²) >= 11 is 5.70. The van der Waals surface area contributed by atoms with Crippen LogP contribution >= 0.6 is 12.2 Å². The minimum Gasteiger partial charge on any atom is -0.332 e. The minimum absolute atomic E-state index is 0.599. The Balaban J connectivity index is 2.04. The lowest BCUT2D eigenvalue weighted by Crippen LogP contribution is -2.01. The highest BCUT2D eigenvalue weighted by molar-refractivity contribution is 7.71. The van der Waals surface area contributed by atoms with Crippen LogP contribution in [-0.4, -0.2) is 14.5 Å². The summed E-state index contributed by atoms with van der Waals surface area (Å²) in [6.45, 7) is 2.13. The highest BCUT2D eigenvalue weighted by Crippen LogP contribution is 2.42. The van der Waals surface area contributed by atoms with Gasteiger partial charge in [0.2, 0.25) is 0 Å². The number of hydrogen-bond acceptors (Lipinski definition) is 2. The maximum absolute atomic E-state index is 5.70. The minimum atomic E-state index is 0.599. The molecule has 0 bridgehead atoms. The van der Waals surface area contributed by atoms with E-state index in [1.54, 1.807) is 6.33 Å². The second-order valence-corrected chi connectivity index (χ2v) is 7.40. The van der Waals surface area contributed by atoms with Gasteiger partial charge in [-0.3, -0.25) is 4.57 Å². The second kappa shape index (κ2) is 7.15. The first-order chi connectivity index (χ1) is 14.3. The molecule has 1 N–H and O–H groups in total. The molecular weight excluding hydrogens is 374 g/mol. The number of nitrogens with zero attached hydrogens (tertiary/aromatic N) is 2. The average Bonchev–Trinajstić information content (AvgIpc) is 3.12. The number of fused-ring (bicyclic) bond motifs is 1. The van der Waals surface area contributed by atoms with Crippen molar-refractivity contribution in [1.82, 2.24) is 14.5 Å². The number of benzene rings is 3. The molecule has 5 aromatic rings. The van der Waals surface area contributed by atoms with Crippen LogP contribution in [0, 0.1) is 11.6 Å². The smallest absolute Gasteiger partial charge is 0.139 e. The normalized spacial score (nSPS) is 11.1. The average molecular weight is 394 g/mol. The molecule has 0 fully saturated rings. The van der Waals surface area contributed by atoms with Crippen LogP contribution in [0.1, 0.15) is 5.56 Å². The van der Waals surface area contributed by atoms with Crippen LogP contribution in [0.2, 0.25) is 0 Å². The van der Waals surface area contributed by atoms with E-state index in [0.717, 1.165) is 39.1 Å². The monoisotopic (exact) mass is 393 g/mol. The van der Waals surface area contributed by atoms with Gasteiger partial charge in [0.25, 0.3) is 0 Å². The summed E-state index contributed by atoms with van der Waals surface area (Å²) in [4.78, 5) is 7.78. The van der Waals surface area contributed by atoms with Gasteiger partial charge in [-0.2, -0.15) is 0 Å². The van der Waals surface area contributed by atoms with Gasteiger partial charge < -0.3 is 4.98 Å². The fraction of sp³-hybridized carbons (Fsp3) is 0.0400. The van der Waals surface area contributed by atoms with Crippen LogP contribution in [0.5, 0.6) is 0 Å². The zero-order chi connectivity index (χ0) is 19.8. The van der Waals surface area contributed by atoms with Crippen molar-refractivity contribution in [3.8, 4) is 28.1 Å². The van der Waals surface area contributed by atoms with Gasteiger partial charge in [-0.15, -0.1) is 0 Å². The van der Waals surface area contributed by atoms with Crippen LogP contribution in [0.3, 0.4) is 0 Å². The molecule has 0 aliphatic heterocycles. The fourth-order valence-corrected chi connectivity index (χ4v) is 4.20. The molecular formula is C25H19N3S. The quantitative estimate of drug-likeness (QED) is 0.345. The van der Waals surface area contributed by atoms with E-state index in [2.05, 4.69) is 94.3 Å². The van der Waals surface area contributed by atoms with Crippen LogP contribution < -0.4 is 0 Å². The fourth-order valence-electron chi connectivity index (χ4n) is 3.94. The van der Waals surface area contributed by atoms with Crippen LogP contribution in [0.15, 0.2) is 91.3 Å². The SMILES string of the molecule is Cc1ccccc1-n1c(-c2ccccc2)c(-c2ccccc2)c2c(=S)nc[nH]c21. The molecule has 2 heterocycles. The number of aromatic nitrogens is 3. The summed E-state index contributed by atoms with van der Waals surface area (Å²) in [6.07, 6.45) is 1.68. The first-order valence-corrected chi connectivity index (χ1v) is 9.95. The summed E-state index contributed by atoms with van der Waals surface area (Å²) in [5, 5.41) is 0.968. The van der Waals surface area contributed by atoms with Gasteiger partial charge in [-0.05, 0) is 29.7 Å². The highest BCUT2D eigenvalue weighted by atomic mass is 32.1. The van der Waals surface area contributed by atoms with Crippen LogP contribution in [-0.2, 0) is 0 Å². The van der Waals surface area contributed by atoms with Gasteiger partial charge in [-0.1, -0.05) is 91.1 Å². The number of hydrogen-bond donors (Lipinski definition) is 1. The molecule has 0 saturated carbocycles. The van der Waals surface area contributed by atoms with Crippen molar-refractivity contribution in [2.24, 2.45) is 0 Å². The first-order valence-electron chi connectivity index (χ1n) is 9.54. The molecule has 0 spiro atoms. The Morgan fingerprint density at radius 1 is 0.793 bits per heavy atom. The van der Waals surface area contributed by atoms with E-state index in [4.69, 9.17) is 12.2 Å². The Labute approximate surface area is 174 Å². The molecule has 0 aliphatic carbocycles. The molecule has 0 amide bonds. The predicted octanol–water partition coefficient (Wildman–Crippen LogP) is 6.73. The molecule has 2 aromatic heterocycles. The molecule has 140 valence electrons. The summed E-state index contributed by atoms with van der Waals surface area (Å²) in [5.41, 5.74) is 7.73. The van der Waals surface area contributed by atoms with Crippen molar-refractivity contribution >= 4 is 23.3 Å². The van der Waals surface area contributed by atoms with Crippen molar-refractivity contribution < 1.29 is 0 Å². The maximum Gasteiger partial charge on any atom is 0.139 e. The van der Waals surface area contributed by atoms with Crippen LogP contribution in [0.4, 0.5) is 0 Å². The van der Waals surface area contributed by atoms with Gasteiger partial charge >= 0.3 is 0 Å². The predicted molar refractivity (Wildman–Crippen MR) is 122 cm³/mol. The molecule has 0 unspecified atom stereocenters. The zero-order valence-electron chi connectivity index (χ0n) is 16.0. The summed E-state index contributed by atoms with van der Waals surface area (Å²) in [5.74, 6) is 0. The van der Waals surface area contributed by atoms with E-state index in [1.807, 2.05) is 12.1 Å². The van der Waals surface area contributed by atoms with Crippen molar-refractivity contribution in [1.29, 1.82) is 0 Å². The molecule has 0 atom stereocenters. The van der Waals surface area contributed by atoms with E-state index in [0.29, 0.717) is 4.64 Å². The number of nitrogens with one attached hydrogen (secondary N) is 1. The maximum atomic E-state index is 5.70. The number of aromatic amines is 1. The molecule has 29 heavy (non-hydrogen) atoms. The Hall–Kier alpha value is -3.50. The Morgan fingerprint density at radius 3 is 2.10 bits per heavy atom. The lowest BCUT2D eigenvalue weighted by Gasteiger charge is -2.15. The van der Waals surface area contributed by atoms with E-state index in [-0.39, 0.29) is 0 Å². The zero-order valence-corrected chi connectivity index (χ0v) is 16.8. The second-order valence-electron chi connectivity index (χ2n) is 7.01. The summed E-state index contributed by atoms with van der Waals surface area (Å²) < 4.78 is 2.88. The Morgan fingerprint density at radius 2 is 1.41 bits per heavy atom. The third-order valence-electron chi connectivity index (χ3n) is 5.23. The van der Waals surface area contributed by atoms with Gasteiger partial charge in [-0.25, -0.2) is 4.98 Å². The van der Waals surface area contributed by atoms with Crippen molar-refractivity contribution in [3.63, 3.8) is 0 Å². The van der Waals surface area contributed by atoms with E-state index >= 15 is 0 Å². The number of para-hydroxylation sites is 1. The first kappa shape index (κ1) is 17.6. The molecule has 3 aromatic carbocycles. The van der Waals surface area contributed by atoms with Gasteiger partial charge in [0.15, 0.2) is 0 Å². The number of rotatable bonds is 3. The van der Waals surface area contributed by atoms with E-state index in [1.165, 1.54) is 5.56 Å². The Kier molecular flexibility index (Phi) is 4.34. The largest absolute Gasteiger partial charge is 0.332 e. The van der Waals surface area contributed by atoms with Crippen LogP contribution in [0.25, 0.3) is 39.1 Å². The molecule has 0 aliphatic rings. The standard InChI is InChI=1S/C25H19N3S/c1-17-10-8-9-15-20(17)28-23(19-13-6-3-7-14-19)21(18-11-4-2-5-12-18)22-24(28)26-16-27-25(22)29/h2-16H,1H3,(H,26,27,29). The number of aryl methyl sites for hydroxylation is 1. The summed E-state index contributed by atoms with van der Waals surface area (Å²) in [6, 6.07) is 29.3. The van der Waals surface area contributed by atoms with E-state index < -0.39 is 0 Å². The third-order valence-corrected chi connectivity index (χ3v) is 5.54. The van der Waals surface area contributed by atoms with Crippen molar-refractivity contribution in [2.45, 2.75) is 6.92 Å². The lowest BCUT2D eigenvalue weighted by atomic mass is 9.99. The van der Waals surface area contributed by atoms with Crippen molar-refractivity contribution in [3.05, 3.63) is 101 Å². The molecule has 3 nitrogen and oxygen atoms in total. The summed E-state index contributed by atoms with van der Waals surface area (Å²) in [7, 11) is 0. The molecule has 4 heteroatoms.